The molecular formula is C23H18F2N6O2S. The van der Waals surface area contributed by atoms with Crippen molar-refractivity contribution >= 4 is 41.0 Å². The summed E-state index contributed by atoms with van der Waals surface area (Å²) in [4.78, 5) is 34.3. The number of benzene rings is 1. The summed E-state index contributed by atoms with van der Waals surface area (Å²) in [5.74, 6) is -2.78. The molecule has 0 aliphatic heterocycles. The first-order chi connectivity index (χ1) is 16.4. The summed E-state index contributed by atoms with van der Waals surface area (Å²) in [6, 6.07) is 12.9. The molecule has 4 rings (SSSR count). The Morgan fingerprint density at radius 3 is 2.59 bits per heavy atom. The van der Waals surface area contributed by atoms with E-state index < -0.39 is 17.2 Å². The van der Waals surface area contributed by atoms with Crippen molar-refractivity contribution in [2.45, 2.75) is 17.6 Å². The molecule has 1 amide bonds. The second kappa shape index (κ2) is 10.2. The normalized spacial score (nSPS) is 11.3. The highest BCUT2D eigenvalue weighted by molar-refractivity contribution is 7.99. The number of rotatable bonds is 7. The number of aromatic nitrogens is 3. The number of nitrogens with one attached hydrogen (secondary N) is 2. The first kappa shape index (κ1) is 23.1. The molecule has 0 spiro atoms. The Hall–Kier alpha value is -4.12. The van der Waals surface area contributed by atoms with E-state index in [9.17, 15) is 18.4 Å². The van der Waals surface area contributed by atoms with Crippen LogP contribution in [0.25, 0.3) is 5.65 Å². The Morgan fingerprint density at radius 2 is 1.88 bits per heavy atom. The van der Waals surface area contributed by atoms with Crippen molar-refractivity contribution in [1.82, 2.24) is 19.8 Å². The van der Waals surface area contributed by atoms with Gasteiger partial charge in [-0.2, -0.15) is 13.9 Å². The van der Waals surface area contributed by atoms with Gasteiger partial charge in [-0.25, -0.2) is 10.4 Å². The fourth-order valence-electron chi connectivity index (χ4n) is 3.10. The number of halogens is 2. The van der Waals surface area contributed by atoms with Crippen molar-refractivity contribution in [2.75, 3.05) is 5.32 Å². The van der Waals surface area contributed by atoms with E-state index in [0.29, 0.717) is 33.6 Å². The third-order valence-corrected chi connectivity index (χ3v) is 5.45. The summed E-state index contributed by atoms with van der Waals surface area (Å²) in [6.45, 7) is 1.82. The summed E-state index contributed by atoms with van der Waals surface area (Å²) in [6.07, 6.45) is 5.76. The predicted octanol–water partition coefficient (Wildman–Crippen LogP) is 4.22. The van der Waals surface area contributed by atoms with Gasteiger partial charge in [-0.3, -0.25) is 19.0 Å². The summed E-state index contributed by atoms with van der Waals surface area (Å²) < 4.78 is 26.6. The number of aryl methyl sites for hydroxylation is 1. The third kappa shape index (κ3) is 5.26. The van der Waals surface area contributed by atoms with E-state index in [-0.39, 0.29) is 11.4 Å². The summed E-state index contributed by atoms with van der Waals surface area (Å²) in [5.41, 5.74) is 4.20. The SMILES string of the molecule is Cc1cccn2c(=O)c(/C=N\NC(=O)c3ccncc3)c(Nc3ccc(SC(F)F)cc3)nc12. The molecule has 0 unspecified atom stereocenters. The number of hydrogen-bond donors (Lipinski definition) is 2. The van der Waals surface area contributed by atoms with E-state index in [2.05, 4.69) is 25.8 Å². The van der Waals surface area contributed by atoms with Crippen LogP contribution >= 0.6 is 11.8 Å². The number of thioether (sulfide) groups is 1. The number of carbonyl (C=O) groups excluding carboxylic acids is 1. The maximum Gasteiger partial charge on any atom is 0.288 e. The topological polar surface area (TPSA) is 101 Å². The molecule has 3 heterocycles. The zero-order chi connectivity index (χ0) is 24.1. The van der Waals surface area contributed by atoms with Gasteiger partial charge in [0.2, 0.25) is 0 Å². The second-order valence-electron chi connectivity index (χ2n) is 7.03. The molecule has 3 aromatic heterocycles. The van der Waals surface area contributed by atoms with Gasteiger partial charge in [-0.1, -0.05) is 17.8 Å². The van der Waals surface area contributed by atoms with E-state index >= 15 is 0 Å². The smallest absolute Gasteiger partial charge is 0.288 e. The first-order valence-corrected chi connectivity index (χ1v) is 10.9. The van der Waals surface area contributed by atoms with Crippen molar-refractivity contribution < 1.29 is 13.6 Å². The van der Waals surface area contributed by atoms with Crippen molar-refractivity contribution in [2.24, 2.45) is 5.10 Å². The molecule has 2 N–H and O–H groups in total. The van der Waals surface area contributed by atoms with Gasteiger partial charge in [0.1, 0.15) is 17.0 Å². The molecule has 1 aromatic carbocycles. The molecule has 0 bridgehead atoms. The standard InChI is InChI=1S/C23H18F2N6O2S/c1-14-3-2-12-31-20(14)29-19(28-16-4-6-17(7-5-16)34-23(24)25)18(22(31)33)13-27-30-21(32)15-8-10-26-11-9-15/h2-13,23,28H,1H3,(H,30,32)/b27-13-. The fraction of sp³-hybridized carbons (Fsp3) is 0.0870. The third-order valence-electron chi connectivity index (χ3n) is 4.73. The minimum absolute atomic E-state index is 0.101. The Labute approximate surface area is 196 Å². The molecule has 11 heteroatoms. The number of hydrazone groups is 1. The van der Waals surface area contributed by atoms with E-state index in [1.54, 1.807) is 36.5 Å². The molecule has 0 aliphatic carbocycles. The van der Waals surface area contributed by atoms with Crippen LogP contribution in [0.1, 0.15) is 21.5 Å². The lowest BCUT2D eigenvalue weighted by Gasteiger charge is -2.12. The van der Waals surface area contributed by atoms with Crippen LogP contribution in [0.2, 0.25) is 0 Å². The number of amides is 1. The zero-order valence-electron chi connectivity index (χ0n) is 17.8. The van der Waals surface area contributed by atoms with Crippen LogP contribution in [0.5, 0.6) is 0 Å². The zero-order valence-corrected chi connectivity index (χ0v) is 18.6. The highest BCUT2D eigenvalue weighted by Gasteiger charge is 2.14. The molecule has 0 saturated heterocycles. The average Bonchev–Trinajstić information content (AvgIpc) is 2.83. The number of fused-ring (bicyclic) bond motifs is 1. The van der Waals surface area contributed by atoms with Gasteiger partial charge in [0.25, 0.3) is 17.2 Å². The Morgan fingerprint density at radius 1 is 1.15 bits per heavy atom. The summed E-state index contributed by atoms with van der Waals surface area (Å²) in [7, 11) is 0. The van der Waals surface area contributed by atoms with Crippen LogP contribution in [0.3, 0.4) is 0 Å². The van der Waals surface area contributed by atoms with Gasteiger partial charge < -0.3 is 5.32 Å². The molecule has 0 fully saturated rings. The number of hydrogen-bond acceptors (Lipinski definition) is 7. The van der Waals surface area contributed by atoms with Crippen LogP contribution in [0.15, 0.2) is 81.9 Å². The summed E-state index contributed by atoms with van der Waals surface area (Å²) in [5, 5.41) is 6.98. The van der Waals surface area contributed by atoms with Crippen LogP contribution in [-0.2, 0) is 0 Å². The van der Waals surface area contributed by atoms with Gasteiger partial charge in [0.15, 0.2) is 0 Å². The second-order valence-corrected chi connectivity index (χ2v) is 8.09. The van der Waals surface area contributed by atoms with Crippen LogP contribution in [0, 0.1) is 6.92 Å². The Balaban J connectivity index is 1.68. The van der Waals surface area contributed by atoms with Crippen LogP contribution in [0.4, 0.5) is 20.3 Å². The molecule has 0 atom stereocenters. The number of pyridine rings is 2. The minimum atomic E-state index is -2.52. The molecule has 0 radical (unpaired) electrons. The Bertz CT molecular complexity index is 1410. The molecule has 0 saturated carbocycles. The van der Waals surface area contributed by atoms with E-state index in [0.717, 1.165) is 5.56 Å². The molecule has 0 aliphatic rings. The Kier molecular flexibility index (Phi) is 6.93. The number of nitrogens with zero attached hydrogens (tertiary/aromatic N) is 4. The number of anilines is 2. The monoisotopic (exact) mass is 480 g/mol. The predicted molar refractivity (Wildman–Crippen MR) is 127 cm³/mol. The highest BCUT2D eigenvalue weighted by Crippen LogP contribution is 2.27. The van der Waals surface area contributed by atoms with Crippen molar-refractivity contribution in [3.05, 3.63) is 94.2 Å². The molecule has 8 nitrogen and oxygen atoms in total. The van der Waals surface area contributed by atoms with E-state index in [1.807, 2.05) is 13.0 Å². The molecule has 4 aromatic rings. The number of carbonyl (C=O) groups is 1. The van der Waals surface area contributed by atoms with E-state index in [4.69, 9.17) is 0 Å². The molecular weight excluding hydrogens is 462 g/mol. The first-order valence-electron chi connectivity index (χ1n) is 9.99. The average molecular weight is 481 g/mol. The molecule has 172 valence electrons. The van der Waals surface area contributed by atoms with Gasteiger partial charge in [0, 0.05) is 34.7 Å². The maximum atomic E-state index is 13.2. The van der Waals surface area contributed by atoms with Gasteiger partial charge in [-0.15, -0.1) is 0 Å². The largest absolute Gasteiger partial charge is 0.339 e. The van der Waals surface area contributed by atoms with Crippen LogP contribution < -0.4 is 16.3 Å². The highest BCUT2D eigenvalue weighted by atomic mass is 32.2. The minimum Gasteiger partial charge on any atom is -0.339 e. The van der Waals surface area contributed by atoms with Crippen molar-refractivity contribution in [3.8, 4) is 0 Å². The lowest BCUT2D eigenvalue weighted by atomic mass is 10.2. The van der Waals surface area contributed by atoms with Gasteiger partial charge >= 0.3 is 0 Å². The fourth-order valence-corrected chi connectivity index (χ4v) is 3.60. The lowest BCUT2D eigenvalue weighted by molar-refractivity contribution is 0.0955. The summed E-state index contributed by atoms with van der Waals surface area (Å²) >= 11 is 0.439. The van der Waals surface area contributed by atoms with Crippen molar-refractivity contribution in [1.29, 1.82) is 0 Å². The van der Waals surface area contributed by atoms with E-state index in [1.165, 1.54) is 35.1 Å². The van der Waals surface area contributed by atoms with Gasteiger partial charge in [0.05, 0.1) is 6.21 Å². The molecule has 34 heavy (non-hydrogen) atoms. The quantitative estimate of drug-likeness (QED) is 0.233. The lowest BCUT2D eigenvalue weighted by Crippen LogP contribution is -2.24. The number of alkyl halides is 2. The van der Waals surface area contributed by atoms with Crippen molar-refractivity contribution in [3.63, 3.8) is 0 Å². The maximum absolute atomic E-state index is 13.2. The van der Waals surface area contributed by atoms with Gasteiger partial charge in [-0.05, 0) is 55.0 Å². The van der Waals surface area contributed by atoms with Crippen LogP contribution in [-0.4, -0.2) is 32.2 Å².